The van der Waals surface area contributed by atoms with Crippen molar-refractivity contribution in [3.05, 3.63) is 35.9 Å². The van der Waals surface area contributed by atoms with Crippen molar-refractivity contribution in [2.45, 2.75) is 26.1 Å². The molecule has 0 aliphatic carbocycles. The van der Waals surface area contributed by atoms with Gasteiger partial charge in [0.05, 0.1) is 38.6 Å². The molecular weight excluding hydrogens is 290 g/mol. The van der Waals surface area contributed by atoms with Crippen LogP contribution in [0.3, 0.4) is 0 Å². The zero-order valence-corrected chi connectivity index (χ0v) is 14.3. The van der Waals surface area contributed by atoms with Crippen LogP contribution in [-0.4, -0.2) is 57.1 Å². The molecule has 0 radical (unpaired) electrons. The monoisotopic (exact) mass is 319 g/mol. The molecule has 0 aromatic heterocycles. The molecule has 2 atom stereocenters. The molecule has 2 saturated heterocycles. The van der Waals surface area contributed by atoms with Crippen LogP contribution in [0.5, 0.6) is 0 Å². The quantitative estimate of drug-likeness (QED) is 0.854. The summed E-state index contributed by atoms with van der Waals surface area (Å²) in [7, 11) is 0. The zero-order chi connectivity index (χ0) is 16.1. The molecule has 0 unspecified atom stereocenters. The van der Waals surface area contributed by atoms with Gasteiger partial charge in [0.1, 0.15) is 0 Å². The minimum absolute atomic E-state index is 0.157. The van der Waals surface area contributed by atoms with Crippen LogP contribution >= 0.6 is 0 Å². The SMILES string of the molecule is CC(C)[C@H]1CN(CC2COCCOC2)C[C@@H](c2ccccc2)O1. The molecule has 2 aliphatic heterocycles. The average molecular weight is 319 g/mol. The highest BCUT2D eigenvalue weighted by Gasteiger charge is 2.31. The van der Waals surface area contributed by atoms with Gasteiger partial charge < -0.3 is 14.2 Å². The molecule has 2 aliphatic rings. The second kappa shape index (κ2) is 8.25. The van der Waals surface area contributed by atoms with Crippen LogP contribution in [-0.2, 0) is 14.2 Å². The van der Waals surface area contributed by atoms with Crippen molar-refractivity contribution in [1.82, 2.24) is 4.90 Å². The van der Waals surface area contributed by atoms with E-state index >= 15 is 0 Å². The Labute approximate surface area is 139 Å². The third-order valence-corrected chi connectivity index (χ3v) is 4.71. The lowest BCUT2D eigenvalue weighted by atomic mass is 10.00. The van der Waals surface area contributed by atoms with E-state index in [9.17, 15) is 0 Å². The Balaban J connectivity index is 1.66. The van der Waals surface area contributed by atoms with Crippen LogP contribution in [0.25, 0.3) is 0 Å². The number of benzene rings is 1. The summed E-state index contributed by atoms with van der Waals surface area (Å²) >= 11 is 0. The second-order valence-corrected chi connectivity index (χ2v) is 7.05. The molecular formula is C19H29NO3. The maximum absolute atomic E-state index is 6.37. The fraction of sp³-hybridized carbons (Fsp3) is 0.684. The first-order chi connectivity index (χ1) is 11.2. The minimum atomic E-state index is 0.157. The van der Waals surface area contributed by atoms with Crippen LogP contribution in [0.15, 0.2) is 30.3 Å². The van der Waals surface area contributed by atoms with E-state index in [0.717, 1.165) is 46.1 Å². The van der Waals surface area contributed by atoms with Crippen molar-refractivity contribution in [2.24, 2.45) is 11.8 Å². The first-order valence-electron chi connectivity index (χ1n) is 8.80. The van der Waals surface area contributed by atoms with E-state index < -0.39 is 0 Å². The second-order valence-electron chi connectivity index (χ2n) is 7.05. The maximum Gasteiger partial charge on any atom is 0.0956 e. The highest BCUT2D eigenvalue weighted by atomic mass is 16.5. The Kier molecular flexibility index (Phi) is 6.06. The first-order valence-corrected chi connectivity index (χ1v) is 8.80. The Bertz CT molecular complexity index is 457. The molecule has 1 aromatic carbocycles. The van der Waals surface area contributed by atoms with Gasteiger partial charge >= 0.3 is 0 Å². The van der Waals surface area contributed by atoms with Gasteiger partial charge in [-0.25, -0.2) is 0 Å². The molecule has 128 valence electrons. The fourth-order valence-corrected chi connectivity index (χ4v) is 3.37. The van der Waals surface area contributed by atoms with Gasteiger partial charge in [-0.05, 0) is 11.5 Å². The third kappa shape index (κ3) is 4.77. The van der Waals surface area contributed by atoms with Crippen LogP contribution in [0.2, 0.25) is 0 Å². The Morgan fingerprint density at radius 3 is 2.39 bits per heavy atom. The summed E-state index contributed by atoms with van der Waals surface area (Å²) in [6.45, 7) is 10.5. The molecule has 1 aromatic rings. The summed E-state index contributed by atoms with van der Waals surface area (Å²) in [4.78, 5) is 2.54. The number of nitrogens with zero attached hydrogens (tertiary/aromatic N) is 1. The van der Waals surface area contributed by atoms with Crippen molar-refractivity contribution in [2.75, 3.05) is 46.1 Å². The maximum atomic E-state index is 6.37. The molecule has 23 heavy (non-hydrogen) atoms. The molecule has 0 bridgehead atoms. The van der Waals surface area contributed by atoms with Gasteiger partial charge in [0, 0.05) is 25.6 Å². The number of hydrogen-bond donors (Lipinski definition) is 0. The highest BCUT2D eigenvalue weighted by Crippen LogP contribution is 2.28. The molecule has 0 amide bonds. The number of morpholine rings is 1. The van der Waals surface area contributed by atoms with Crippen molar-refractivity contribution in [3.8, 4) is 0 Å². The normalized spacial score (nSPS) is 28.0. The van der Waals surface area contributed by atoms with E-state index in [1.807, 2.05) is 0 Å². The summed E-state index contributed by atoms with van der Waals surface area (Å²) < 4.78 is 17.7. The lowest BCUT2D eigenvalue weighted by Gasteiger charge is -2.41. The van der Waals surface area contributed by atoms with Gasteiger partial charge in [-0.1, -0.05) is 44.2 Å². The van der Waals surface area contributed by atoms with Gasteiger partial charge in [-0.3, -0.25) is 4.90 Å². The standard InChI is InChI=1S/C19H29NO3/c1-15(2)18-11-20(10-16-13-21-8-9-22-14-16)12-19(23-18)17-6-4-3-5-7-17/h3-7,15-16,18-19H,8-14H2,1-2H3/t18-,19+/m1/s1. The largest absolute Gasteiger partial charge is 0.379 e. The van der Waals surface area contributed by atoms with Gasteiger partial charge in [0.2, 0.25) is 0 Å². The van der Waals surface area contributed by atoms with Crippen molar-refractivity contribution in [3.63, 3.8) is 0 Å². The van der Waals surface area contributed by atoms with E-state index in [2.05, 4.69) is 49.1 Å². The lowest BCUT2D eigenvalue weighted by molar-refractivity contribution is -0.110. The van der Waals surface area contributed by atoms with E-state index in [0.29, 0.717) is 11.8 Å². The van der Waals surface area contributed by atoms with Crippen molar-refractivity contribution >= 4 is 0 Å². The van der Waals surface area contributed by atoms with E-state index in [1.54, 1.807) is 0 Å². The number of rotatable bonds is 4. The van der Waals surface area contributed by atoms with Crippen LogP contribution in [0, 0.1) is 11.8 Å². The molecule has 4 nitrogen and oxygen atoms in total. The molecule has 0 spiro atoms. The molecule has 0 saturated carbocycles. The predicted octanol–water partition coefficient (Wildman–Crippen LogP) is 2.75. The zero-order valence-electron chi connectivity index (χ0n) is 14.3. The van der Waals surface area contributed by atoms with Crippen LogP contribution in [0.4, 0.5) is 0 Å². The van der Waals surface area contributed by atoms with Gasteiger partial charge in [-0.2, -0.15) is 0 Å². The Morgan fingerprint density at radius 1 is 1.04 bits per heavy atom. The summed E-state index contributed by atoms with van der Waals surface area (Å²) in [6.07, 6.45) is 0.437. The van der Waals surface area contributed by atoms with Crippen LogP contribution < -0.4 is 0 Å². The summed E-state index contributed by atoms with van der Waals surface area (Å²) in [6, 6.07) is 10.6. The Morgan fingerprint density at radius 2 is 1.74 bits per heavy atom. The third-order valence-electron chi connectivity index (χ3n) is 4.71. The Hall–Kier alpha value is -0.940. The van der Waals surface area contributed by atoms with Crippen molar-refractivity contribution in [1.29, 1.82) is 0 Å². The molecule has 3 rings (SSSR count). The predicted molar refractivity (Wildman–Crippen MR) is 90.5 cm³/mol. The topological polar surface area (TPSA) is 30.9 Å². The highest BCUT2D eigenvalue weighted by molar-refractivity contribution is 5.18. The molecule has 2 heterocycles. The van der Waals surface area contributed by atoms with E-state index in [4.69, 9.17) is 14.2 Å². The van der Waals surface area contributed by atoms with Crippen molar-refractivity contribution < 1.29 is 14.2 Å². The van der Waals surface area contributed by atoms with Gasteiger partial charge in [-0.15, -0.1) is 0 Å². The number of hydrogen-bond acceptors (Lipinski definition) is 4. The fourth-order valence-electron chi connectivity index (χ4n) is 3.37. The van der Waals surface area contributed by atoms with E-state index in [-0.39, 0.29) is 12.2 Å². The lowest BCUT2D eigenvalue weighted by Crippen LogP contribution is -2.48. The van der Waals surface area contributed by atoms with Gasteiger partial charge in [0.15, 0.2) is 0 Å². The molecule has 0 N–H and O–H groups in total. The summed E-state index contributed by atoms with van der Waals surface area (Å²) in [5.74, 6) is 0.977. The molecule has 4 heteroatoms. The summed E-state index contributed by atoms with van der Waals surface area (Å²) in [5, 5.41) is 0. The molecule has 2 fully saturated rings. The van der Waals surface area contributed by atoms with Gasteiger partial charge in [0.25, 0.3) is 0 Å². The minimum Gasteiger partial charge on any atom is -0.379 e. The van der Waals surface area contributed by atoms with E-state index in [1.165, 1.54) is 5.56 Å². The smallest absolute Gasteiger partial charge is 0.0956 e. The summed E-state index contributed by atoms with van der Waals surface area (Å²) in [5.41, 5.74) is 1.27. The average Bonchev–Trinajstić information content (AvgIpc) is 2.84. The number of ether oxygens (including phenoxy) is 3. The van der Waals surface area contributed by atoms with Crippen LogP contribution in [0.1, 0.15) is 25.5 Å². The first kappa shape index (κ1) is 16.9.